The lowest BCUT2D eigenvalue weighted by Gasteiger charge is -2.20. The first-order valence-electron chi connectivity index (χ1n) is 5.10. The van der Waals surface area contributed by atoms with Crippen LogP contribution in [0.1, 0.15) is 12.5 Å². The Hall–Kier alpha value is -1.52. The highest BCUT2D eigenvalue weighted by atomic mass is 79.9. The highest BCUT2D eigenvalue weighted by Gasteiger charge is 2.45. The Bertz CT molecular complexity index is 538. The second-order valence-electron chi connectivity index (χ2n) is 4.25. The van der Waals surface area contributed by atoms with E-state index in [4.69, 9.17) is 5.53 Å². The summed E-state index contributed by atoms with van der Waals surface area (Å²) < 4.78 is 0.909. The Labute approximate surface area is 107 Å². The van der Waals surface area contributed by atoms with E-state index in [2.05, 4.69) is 26.0 Å². The molecule has 0 aliphatic carbocycles. The summed E-state index contributed by atoms with van der Waals surface area (Å²) >= 11 is 3.39. The van der Waals surface area contributed by atoms with Crippen LogP contribution >= 0.6 is 15.9 Å². The van der Waals surface area contributed by atoms with Gasteiger partial charge >= 0.3 is 0 Å². The number of azide groups is 1. The van der Waals surface area contributed by atoms with E-state index in [9.17, 15) is 4.79 Å². The summed E-state index contributed by atoms with van der Waals surface area (Å²) in [6.45, 7) is 1.94. The summed E-state index contributed by atoms with van der Waals surface area (Å²) in [6, 6.07) is 5.68. The third-order valence-corrected chi connectivity index (χ3v) is 3.63. The number of carbonyl (C=O) groups excluding carboxylic acids is 1. The maximum atomic E-state index is 12.2. The van der Waals surface area contributed by atoms with Crippen molar-refractivity contribution in [1.29, 1.82) is 0 Å². The molecule has 0 spiro atoms. The summed E-state index contributed by atoms with van der Waals surface area (Å²) in [5.74, 6) is -0.0435. The zero-order valence-electron chi connectivity index (χ0n) is 9.51. The van der Waals surface area contributed by atoms with Gasteiger partial charge in [0.1, 0.15) is 0 Å². The molecular weight excluding hydrogens is 284 g/mol. The van der Waals surface area contributed by atoms with Crippen molar-refractivity contribution in [2.24, 2.45) is 5.11 Å². The second-order valence-corrected chi connectivity index (χ2v) is 5.16. The summed E-state index contributed by atoms with van der Waals surface area (Å²) in [7, 11) is 1.73. The molecule has 0 saturated heterocycles. The van der Waals surface area contributed by atoms with Gasteiger partial charge in [0.05, 0.1) is 5.41 Å². The van der Waals surface area contributed by atoms with Gasteiger partial charge in [0.25, 0.3) is 0 Å². The van der Waals surface area contributed by atoms with Crippen molar-refractivity contribution < 1.29 is 4.79 Å². The Balaban J connectivity index is 2.60. The zero-order valence-corrected chi connectivity index (χ0v) is 11.1. The zero-order chi connectivity index (χ0) is 12.6. The number of carbonyl (C=O) groups is 1. The number of likely N-dealkylation sites (N-methyl/N-ethyl adjacent to an activating group) is 1. The van der Waals surface area contributed by atoms with Crippen molar-refractivity contribution >= 4 is 27.5 Å². The topological polar surface area (TPSA) is 69.1 Å². The van der Waals surface area contributed by atoms with Gasteiger partial charge in [-0.05, 0) is 36.2 Å². The molecular formula is C11H11BrN4O. The first-order chi connectivity index (χ1) is 8.00. The molecule has 0 saturated carbocycles. The fraction of sp³-hybridized carbons (Fsp3) is 0.364. The highest BCUT2D eigenvalue weighted by molar-refractivity contribution is 9.10. The van der Waals surface area contributed by atoms with Gasteiger partial charge in [0.15, 0.2) is 0 Å². The third-order valence-electron chi connectivity index (χ3n) is 3.14. The van der Waals surface area contributed by atoms with Crippen LogP contribution in [0.2, 0.25) is 0 Å². The van der Waals surface area contributed by atoms with Gasteiger partial charge in [-0.25, -0.2) is 0 Å². The molecule has 6 heteroatoms. The summed E-state index contributed by atoms with van der Waals surface area (Å²) in [5.41, 5.74) is 9.42. The molecule has 0 aromatic heterocycles. The first-order valence-corrected chi connectivity index (χ1v) is 5.89. The largest absolute Gasteiger partial charge is 0.314 e. The van der Waals surface area contributed by atoms with E-state index < -0.39 is 5.41 Å². The van der Waals surface area contributed by atoms with E-state index in [0.29, 0.717) is 0 Å². The minimum atomic E-state index is -0.764. The molecule has 0 N–H and O–H groups in total. The number of amides is 1. The fourth-order valence-corrected chi connectivity index (χ4v) is 2.52. The number of rotatable bonds is 2. The van der Waals surface area contributed by atoms with E-state index in [-0.39, 0.29) is 12.5 Å². The van der Waals surface area contributed by atoms with Crippen molar-refractivity contribution in [2.75, 3.05) is 18.5 Å². The SMILES string of the molecule is CN1C(=O)C(C)(CN=[N+]=[N-])c2cc(Br)ccc21. The number of fused-ring (bicyclic) bond motifs is 1. The van der Waals surface area contributed by atoms with Crippen molar-refractivity contribution in [3.63, 3.8) is 0 Å². The van der Waals surface area contributed by atoms with E-state index in [1.54, 1.807) is 18.9 Å². The van der Waals surface area contributed by atoms with Crippen LogP contribution in [0.5, 0.6) is 0 Å². The molecule has 17 heavy (non-hydrogen) atoms. The predicted molar refractivity (Wildman–Crippen MR) is 68.9 cm³/mol. The van der Waals surface area contributed by atoms with E-state index >= 15 is 0 Å². The van der Waals surface area contributed by atoms with Crippen LogP contribution in [0, 0.1) is 0 Å². The van der Waals surface area contributed by atoms with E-state index in [1.807, 2.05) is 18.2 Å². The Morgan fingerprint density at radius 1 is 1.59 bits per heavy atom. The first kappa shape index (κ1) is 12.0. The minimum absolute atomic E-state index is 0.0435. The van der Waals surface area contributed by atoms with Crippen LogP contribution in [0.3, 0.4) is 0 Å². The van der Waals surface area contributed by atoms with Crippen molar-refractivity contribution in [3.05, 3.63) is 38.7 Å². The van der Waals surface area contributed by atoms with Crippen LogP contribution in [-0.4, -0.2) is 19.5 Å². The molecule has 1 amide bonds. The molecule has 0 radical (unpaired) electrons. The summed E-state index contributed by atoms with van der Waals surface area (Å²) in [4.78, 5) is 16.6. The van der Waals surface area contributed by atoms with Gasteiger partial charge in [-0.2, -0.15) is 0 Å². The molecule has 1 aliphatic heterocycles. The number of anilines is 1. The predicted octanol–water partition coefficient (Wildman–Crippen LogP) is 2.99. The Morgan fingerprint density at radius 2 is 2.29 bits per heavy atom. The summed E-state index contributed by atoms with van der Waals surface area (Å²) in [6.07, 6.45) is 0. The number of hydrogen-bond acceptors (Lipinski definition) is 2. The Morgan fingerprint density at radius 3 is 2.94 bits per heavy atom. The van der Waals surface area contributed by atoms with Crippen molar-refractivity contribution in [3.8, 4) is 0 Å². The number of benzene rings is 1. The van der Waals surface area contributed by atoms with Gasteiger partial charge in [0, 0.05) is 28.7 Å². The monoisotopic (exact) mass is 294 g/mol. The van der Waals surface area contributed by atoms with Crippen LogP contribution in [0.25, 0.3) is 10.4 Å². The normalized spacial score (nSPS) is 22.3. The quantitative estimate of drug-likeness (QED) is 0.470. The van der Waals surface area contributed by atoms with Crippen LogP contribution in [-0.2, 0) is 10.2 Å². The van der Waals surface area contributed by atoms with E-state index in [1.165, 1.54) is 0 Å². The fourth-order valence-electron chi connectivity index (χ4n) is 2.16. The molecule has 1 aliphatic rings. The highest BCUT2D eigenvalue weighted by Crippen LogP contribution is 2.42. The van der Waals surface area contributed by atoms with Gasteiger partial charge in [-0.15, -0.1) is 0 Å². The number of nitrogens with zero attached hydrogens (tertiary/aromatic N) is 4. The number of halogens is 1. The molecule has 1 aromatic carbocycles. The molecule has 2 rings (SSSR count). The molecule has 1 unspecified atom stereocenters. The Kier molecular flexibility index (Phi) is 2.85. The molecule has 1 heterocycles. The second kappa shape index (κ2) is 4.05. The van der Waals surface area contributed by atoms with Gasteiger partial charge in [0.2, 0.25) is 5.91 Å². The minimum Gasteiger partial charge on any atom is -0.314 e. The lowest BCUT2D eigenvalue weighted by molar-refractivity contribution is -0.122. The lowest BCUT2D eigenvalue weighted by atomic mass is 9.84. The molecule has 0 bridgehead atoms. The van der Waals surface area contributed by atoms with Gasteiger partial charge in [-0.3, -0.25) is 4.79 Å². The average Bonchev–Trinajstić information content (AvgIpc) is 2.50. The van der Waals surface area contributed by atoms with Crippen molar-refractivity contribution in [1.82, 2.24) is 0 Å². The van der Waals surface area contributed by atoms with E-state index in [0.717, 1.165) is 15.7 Å². The maximum absolute atomic E-state index is 12.2. The molecule has 88 valence electrons. The summed E-state index contributed by atoms with van der Waals surface area (Å²) in [5, 5.41) is 3.56. The molecule has 1 aromatic rings. The van der Waals surface area contributed by atoms with Crippen LogP contribution in [0.15, 0.2) is 27.8 Å². The smallest absolute Gasteiger partial charge is 0.237 e. The third kappa shape index (κ3) is 1.69. The van der Waals surface area contributed by atoms with Crippen molar-refractivity contribution in [2.45, 2.75) is 12.3 Å². The molecule has 1 atom stereocenters. The average molecular weight is 295 g/mol. The lowest BCUT2D eigenvalue weighted by Crippen LogP contribution is -2.38. The van der Waals surface area contributed by atoms with Gasteiger partial charge < -0.3 is 4.90 Å². The molecule has 0 fully saturated rings. The number of hydrogen-bond donors (Lipinski definition) is 0. The van der Waals surface area contributed by atoms with Crippen LogP contribution in [0.4, 0.5) is 5.69 Å². The molecule has 5 nitrogen and oxygen atoms in total. The maximum Gasteiger partial charge on any atom is 0.237 e. The van der Waals surface area contributed by atoms with Gasteiger partial charge in [-0.1, -0.05) is 21.0 Å². The standard InChI is InChI=1S/C11H11BrN4O/c1-11(6-14-15-13)8-5-7(12)3-4-9(8)16(2)10(11)17/h3-5H,6H2,1-2H3. The van der Waals surface area contributed by atoms with Crippen LogP contribution < -0.4 is 4.90 Å².